The fourth-order valence-electron chi connectivity index (χ4n) is 2.41. The van der Waals surface area contributed by atoms with Crippen molar-refractivity contribution in [1.29, 1.82) is 0 Å². The van der Waals surface area contributed by atoms with Gasteiger partial charge in [0.1, 0.15) is 0 Å². The van der Waals surface area contributed by atoms with Crippen LogP contribution in [0.4, 0.5) is 5.69 Å². The lowest BCUT2D eigenvalue weighted by molar-refractivity contribution is 0.0600. The lowest BCUT2D eigenvalue weighted by Crippen LogP contribution is -2.30. The van der Waals surface area contributed by atoms with E-state index in [1.54, 1.807) is 12.1 Å². The maximum atomic E-state index is 11.7. The third kappa shape index (κ3) is 5.73. The molecule has 2 aromatic rings. The quantitative estimate of drug-likeness (QED) is 0.446. The number of aryl methyl sites for hydroxylation is 1. The number of thiocarbonyl (C=S) groups is 1. The van der Waals surface area contributed by atoms with Crippen LogP contribution in [0.3, 0.4) is 0 Å². The average Bonchev–Trinajstić information content (AvgIpc) is 2.61. The molecule has 0 aliphatic rings. The number of ether oxygens (including phenoxy) is 1. The van der Waals surface area contributed by atoms with Crippen LogP contribution in [-0.2, 0) is 11.2 Å². The van der Waals surface area contributed by atoms with E-state index in [4.69, 9.17) is 28.6 Å². The molecule has 0 bridgehead atoms. The first-order valence-electron chi connectivity index (χ1n) is 7.98. The predicted molar refractivity (Wildman–Crippen MR) is 107 cm³/mol. The van der Waals surface area contributed by atoms with Crippen molar-refractivity contribution < 1.29 is 9.53 Å². The van der Waals surface area contributed by atoms with Gasteiger partial charge in [-0.25, -0.2) is 4.79 Å². The van der Waals surface area contributed by atoms with E-state index in [1.165, 1.54) is 12.7 Å². The maximum absolute atomic E-state index is 11.7. The Balaban J connectivity index is 1.82. The number of methoxy groups -OCH3 is 1. The zero-order chi connectivity index (χ0) is 18.2. The Bertz CT molecular complexity index is 748. The highest BCUT2D eigenvalue weighted by molar-refractivity contribution is 7.80. The van der Waals surface area contributed by atoms with Gasteiger partial charge in [-0.15, -0.1) is 0 Å². The Morgan fingerprint density at radius 3 is 2.60 bits per heavy atom. The molecule has 0 atom stereocenters. The number of benzene rings is 2. The molecular weight excluding hydrogens is 356 g/mol. The Kier molecular flexibility index (Phi) is 7.22. The molecular formula is C19H21ClN2O2S. The van der Waals surface area contributed by atoms with Gasteiger partial charge in [-0.3, -0.25) is 0 Å². The smallest absolute Gasteiger partial charge is 0.338 e. The SMILES string of the molecule is COC(=O)c1cccc(NC(=S)NCCCc2ccc(Cl)cc2)c1C. The third-order valence-electron chi connectivity index (χ3n) is 3.83. The van der Waals surface area contributed by atoms with E-state index in [0.29, 0.717) is 10.7 Å². The summed E-state index contributed by atoms with van der Waals surface area (Å²) in [6.07, 6.45) is 1.90. The number of esters is 1. The minimum absolute atomic E-state index is 0.358. The van der Waals surface area contributed by atoms with Crippen LogP contribution in [0.5, 0.6) is 0 Å². The first kappa shape index (κ1) is 19.2. The van der Waals surface area contributed by atoms with Gasteiger partial charge < -0.3 is 15.4 Å². The maximum Gasteiger partial charge on any atom is 0.338 e. The van der Waals surface area contributed by atoms with Crippen LogP contribution in [0.25, 0.3) is 0 Å². The zero-order valence-corrected chi connectivity index (χ0v) is 15.8. The average molecular weight is 377 g/mol. The molecule has 0 fully saturated rings. The molecule has 0 aromatic heterocycles. The van der Waals surface area contributed by atoms with Crippen LogP contribution >= 0.6 is 23.8 Å². The van der Waals surface area contributed by atoms with Gasteiger partial charge in [0.2, 0.25) is 0 Å². The molecule has 0 spiro atoms. The summed E-state index contributed by atoms with van der Waals surface area (Å²) < 4.78 is 4.78. The van der Waals surface area contributed by atoms with Crippen LogP contribution in [-0.4, -0.2) is 24.7 Å². The summed E-state index contributed by atoms with van der Waals surface area (Å²) >= 11 is 11.2. The molecule has 2 rings (SSSR count). The van der Waals surface area contributed by atoms with E-state index < -0.39 is 0 Å². The number of anilines is 1. The standard InChI is InChI=1S/C19H21ClN2O2S/c1-13-16(18(23)24-2)6-3-7-17(13)22-19(25)21-12-4-5-14-8-10-15(20)11-9-14/h3,6-11H,4-5,12H2,1-2H3,(H2,21,22,25). The van der Waals surface area contributed by atoms with Crippen molar-refractivity contribution >= 4 is 40.6 Å². The molecule has 2 N–H and O–H groups in total. The van der Waals surface area contributed by atoms with Gasteiger partial charge >= 0.3 is 5.97 Å². The lowest BCUT2D eigenvalue weighted by atomic mass is 10.1. The number of carbonyl (C=O) groups is 1. The van der Waals surface area contributed by atoms with Gasteiger partial charge in [-0.1, -0.05) is 29.8 Å². The van der Waals surface area contributed by atoms with Gasteiger partial charge in [0.25, 0.3) is 0 Å². The molecule has 0 saturated carbocycles. The number of rotatable bonds is 6. The van der Waals surface area contributed by atoms with Crippen molar-refractivity contribution in [3.63, 3.8) is 0 Å². The van der Waals surface area contributed by atoms with E-state index in [1.807, 2.05) is 37.3 Å². The molecule has 0 aliphatic carbocycles. The van der Waals surface area contributed by atoms with Crippen molar-refractivity contribution in [3.8, 4) is 0 Å². The first-order valence-corrected chi connectivity index (χ1v) is 8.77. The molecule has 25 heavy (non-hydrogen) atoms. The highest BCUT2D eigenvalue weighted by Gasteiger charge is 2.12. The normalized spacial score (nSPS) is 10.2. The summed E-state index contributed by atoms with van der Waals surface area (Å²) in [5.74, 6) is -0.358. The second-order valence-corrected chi connectivity index (χ2v) is 6.43. The summed E-state index contributed by atoms with van der Waals surface area (Å²) in [7, 11) is 1.37. The molecule has 0 amide bonds. The second kappa shape index (κ2) is 9.39. The largest absolute Gasteiger partial charge is 0.465 e. The van der Waals surface area contributed by atoms with Gasteiger partial charge in [0.05, 0.1) is 12.7 Å². The monoisotopic (exact) mass is 376 g/mol. The van der Waals surface area contributed by atoms with Crippen LogP contribution in [0.15, 0.2) is 42.5 Å². The molecule has 0 heterocycles. The van der Waals surface area contributed by atoms with Gasteiger partial charge in [0, 0.05) is 17.3 Å². The van der Waals surface area contributed by atoms with Crippen LogP contribution in [0.2, 0.25) is 5.02 Å². The fraction of sp³-hybridized carbons (Fsp3) is 0.263. The summed E-state index contributed by atoms with van der Waals surface area (Å²) in [5.41, 5.74) is 3.36. The summed E-state index contributed by atoms with van der Waals surface area (Å²) in [4.78, 5) is 11.7. The Labute approximate surface area is 158 Å². The number of hydrogen-bond acceptors (Lipinski definition) is 3. The molecule has 0 aliphatic heterocycles. The number of hydrogen-bond donors (Lipinski definition) is 2. The summed E-state index contributed by atoms with van der Waals surface area (Å²) in [6, 6.07) is 13.3. The molecule has 2 aromatic carbocycles. The zero-order valence-electron chi connectivity index (χ0n) is 14.3. The Hall–Kier alpha value is -2.11. The number of carbonyl (C=O) groups excluding carboxylic acids is 1. The van der Waals surface area contributed by atoms with Gasteiger partial charge in [-0.05, 0) is 67.4 Å². The van der Waals surface area contributed by atoms with Crippen molar-refractivity contribution in [2.24, 2.45) is 0 Å². The topological polar surface area (TPSA) is 50.4 Å². The Morgan fingerprint density at radius 2 is 1.92 bits per heavy atom. The molecule has 0 saturated heterocycles. The first-order chi connectivity index (χ1) is 12.0. The molecule has 0 radical (unpaired) electrons. The number of halogens is 1. The van der Waals surface area contributed by atoms with Crippen molar-refractivity contribution in [2.45, 2.75) is 19.8 Å². The highest BCUT2D eigenvalue weighted by Crippen LogP contribution is 2.19. The molecule has 6 heteroatoms. The summed E-state index contributed by atoms with van der Waals surface area (Å²) in [5, 5.41) is 7.59. The van der Waals surface area contributed by atoms with Crippen molar-refractivity contribution in [2.75, 3.05) is 19.0 Å². The lowest BCUT2D eigenvalue weighted by Gasteiger charge is -2.14. The molecule has 0 unspecified atom stereocenters. The van der Waals surface area contributed by atoms with Crippen molar-refractivity contribution in [1.82, 2.24) is 5.32 Å². The minimum atomic E-state index is -0.358. The summed E-state index contributed by atoms with van der Waals surface area (Å²) in [6.45, 7) is 2.61. The van der Waals surface area contributed by atoms with E-state index in [0.717, 1.165) is 35.7 Å². The fourth-order valence-corrected chi connectivity index (χ4v) is 2.75. The van der Waals surface area contributed by atoms with Gasteiger partial charge in [-0.2, -0.15) is 0 Å². The predicted octanol–water partition coefficient (Wildman–Crippen LogP) is 4.35. The number of nitrogens with one attached hydrogen (secondary N) is 2. The highest BCUT2D eigenvalue weighted by atomic mass is 35.5. The molecule has 132 valence electrons. The second-order valence-electron chi connectivity index (χ2n) is 5.58. The molecule has 4 nitrogen and oxygen atoms in total. The van der Waals surface area contributed by atoms with Gasteiger partial charge in [0.15, 0.2) is 5.11 Å². The Morgan fingerprint density at radius 1 is 1.20 bits per heavy atom. The van der Waals surface area contributed by atoms with Crippen molar-refractivity contribution in [3.05, 3.63) is 64.2 Å². The van der Waals surface area contributed by atoms with E-state index >= 15 is 0 Å². The minimum Gasteiger partial charge on any atom is -0.465 e. The van der Waals surface area contributed by atoms with E-state index in [-0.39, 0.29) is 5.97 Å². The van der Waals surface area contributed by atoms with Crippen LogP contribution in [0.1, 0.15) is 27.9 Å². The third-order valence-corrected chi connectivity index (χ3v) is 4.33. The van der Waals surface area contributed by atoms with Crippen LogP contribution < -0.4 is 10.6 Å². The van der Waals surface area contributed by atoms with E-state index in [2.05, 4.69) is 10.6 Å². The van der Waals surface area contributed by atoms with Crippen LogP contribution in [0, 0.1) is 6.92 Å². The van der Waals surface area contributed by atoms with E-state index in [9.17, 15) is 4.79 Å².